The number of ether oxygens (including phenoxy) is 2. The molecule has 1 unspecified atom stereocenters. The Morgan fingerprint density at radius 1 is 1.15 bits per heavy atom. The molecule has 3 rings (SSSR count). The minimum atomic E-state index is -4.84. The van der Waals surface area contributed by atoms with Crippen LogP contribution in [0.5, 0.6) is 11.5 Å². The Bertz CT molecular complexity index is 828. The van der Waals surface area contributed by atoms with E-state index in [0.29, 0.717) is 12.8 Å². The van der Waals surface area contributed by atoms with Crippen molar-refractivity contribution in [2.24, 2.45) is 0 Å². The first-order chi connectivity index (χ1) is 12.4. The van der Waals surface area contributed by atoms with Gasteiger partial charge < -0.3 is 14.8 Å². The molecule has 0 radical (unpaired) electrons. The Kier molecular flexibility index (Phi) is 4.98. The average Bonchev–Trinajstić information content (AvgIpc) is 2.99. The number of nitrogens with one attached hydrogen (secondary N) is 1. The van der Waals surface area contributed by atoms with Crippen molar-refractivity contribution < 1.29 is 27.4 Å². The molecular weight excluding hydrogens is 347 g/mol. The quantitative estimate of drug-likeness (QED) is 0.787. The molecule has 26 heavy (non-hydrogen) atoms. The third kappa shape index (κ3) is 3.30. The monoisotopic (exact) mass is 367 g/mol. The topological polar surface area (TPSA) is 47.6 Å². The number of hydrogen-bond donors (Lipinski definition) is 1. The fraction of sp³-hybridized carbons (Fsp3) is 0.421. The van der Waals surface area contributed by atoms with Gasteiger partial charge in [0, 0.05) is 17.7 Å². The fourth-order valence-electron chi connectivity index (χ4n) is 3.70. The minimum absolute atomic E-state index is 0.0133. The summed E-state index contributed by atoms with van der Waals surface area (Å²) in [6.07, 6.45) is -3.01. The van der Waals surface area contributed by atoms with Crippen LogP contribution in [0.2, 0.25) is 0 Å². The first-order valence-electron chi connectivity index (χ1n) is 8.38. The standard InChI is InChI=1S/C19H20F3NO3/c1-25-14-7-5-11-6-8-15(26-2)17-12(10-13(14)16(11)17)4-3-9-23-18(24)19(20,21)22/h5-8,12H,3-4,9-10H2,1-2H3,(H,23,24). The van der Waals surface area contributed by atoms with E-state index < -0.39 is 12.1 Å². The lowest BCUT2D eigenvalue weighted by molar-refractivity contribution is -0.173. The van der Waals surface area contributed by atoms with Crippen LogP contribution in [0.4, 0.5) is 13.2 Å². The van der Waals surface area contributed by atoms with Crippen molar-refractivity contribution in [2.75, 3.05) is 20.8 Å². The van der Waals surface area contributed by atoms with Crippen molar-refractivity contribution in [1.29, 1.82) is 0 Å². The van der Waals surface area contributed by atoms with Crippen molar-refractivity contribution in [3.8, 4) is 11.5 Å². The molecule has 2 aromatic rings. The van der Waals surface area contributed by atoms with Crippen LogP contribution in [0.25, 0.3) is 10.8 Å². The molecule has 4 nitrogen and oxygen atoms in total. The number of methoxy groups -OCH3 is 2. The Hall–Kier alpha value is -2.44. The van der Waals surface area contributed by atoms with E-state index in [1.54, 1.807) is 14.2 Å². The van der Waals surface area contributed by atoms with Gasteiger partial charge in [-0.05, 0) is 48.1 Å². The van der Waals surface area contributed by atoms with Crippen LogP contribution >= 0.6 is 0 Å². The molecule has 0 saturated heterocycles. The Morgan fingerprint density at radius 2 is 1.81 bits per heavy atom. The maximum atomic E-state index is 12.2. The van der Waals surface area contributed by atoms with Crippen LogP contribution < -0.4 is 14.8 Å². The van der Waals surface area contributed by atoms with Crippen LogP contribution in [0, 0.1) is 0 Å². The molecule has 1 aliphatic rings. The Balaban J connectivity index is 1.78. The maximum Gasteiger partial charge on any atom is 0.471 e. The van der Waals surface area contributed by atoms with Crippen LogP contribution in [0.3, 0.4) is 0 Å². The van der Waals surface area contributed by atoms with Gasteiger partial charge in [0.1, 0.15) is 11.5 Å². The molecule has 1 N–H and O–H groups in total. The average molecular weight is 367 g/mol. The highest BCUT2D eigenvalue weighted by Gasteiger charge is 2.38. The SMILES string of the molecule is COc1ccc2ccc(OC)c3c2c1CC3CCCNC(=O)C(F)(F)F. The van der Waals surface area contributed by atoms with E-state index in [9.17, 15) is 18.0 Å². The lowest BCUT2D eigenvalue weighted by Crippen LogP contribution is -2.37. The van der Waals surface area contributed by atoms with Gasteiger partial charge in [-0.25, -0.2) is 0 Å². The van der Waals surface area contributed by atoms with Gasteiger partial charge in [0.25, 0.3) is 0 Å². The summed E-state index contributed by atoms with van der Waals surface area (Å²) in [6.45, 7) is -0.0133. The summed E-state index contributed by atoms with van der Waals surface area (Å²) < 4.78 is 47.7. The van der Waals surface area contributed by atoms with E-state index in [-0.39, 0.29) is 12.5 Å². The number of benzene rings is 2. The largest absolute Gasteiger partial charge is 0.496 e. The summed E-state index contributed by atoms with van der Waals surface area (Å²) >= 11 is 0. The van der Waals surface area contributed by atoms with Crippen molar-refractivity contribution in [3.05, 3.63) is 35.4 Å². The molecule has 1 atom stereocenters. The van der Waals surface area contributed by atoms with Crippen molar-refractivity contribution >= 4 is 16.7 Å². The molecular formula is C19H20F3NO3. The van der Waals surface area contributed by atoms with E-state index in [1.165, 1.54) is 0 Å². The predicted octanol–water partition coefficient (Wildman–Crippen LogP) is 3.96. The summed E-state index contributed by atoms with van der Waals surface area (Å²) in [4.78, 5) is 10.9. The predicted molar refractivity (Wildman–Crippen MR) is 91.8 cm³/mol. The smallest absolute Gasteiger partial charge is 0.471 e. The number of carbonyl (C=O) groups excluding carboxylic acids is 1. The van der Waals surface area contributed by atoms with E-state index in [2.05, 4.69) is 0 Å². The molecule has 0 saturated carbocycles. The molecule has 0 spiro atoms. The number of hydrogen-bond acceptors (Lipinski definition) is 3. The molecule has 0 aromatic heterocycles. The highest BCUT2D eigenvalue weighted by atomic mass is 19.4. The zero-order valence-electron chi connectivity index (χ0n) is 14.6. The van der Waals surface area contributed by atoms with Gasteiger partial charge in [0.05, 0.1) is 14.2 Å². The molecule has 7 heteroatoms. The number of alkyl halides is 3. The Morgan fingerprint density at radius 3 is 2.42 bits per heavy atom. The van der Waals surface area contributed by atoms with Gasteiger partial charge in [0.15, 0.2) is 0 Å². The zero-order chi connectivity index (χ0) is 18.9. The second-order valence-electron chi connectivity index (χ2n) is 6.32. The van der Waals surface area contributed by atoms with Crippen molar-refractivity contribution in [2.45, 2.75) is 31.4 Å². The highest BCUT2D eigenvalue weighted by molar-refractivity contribution is 5.95. The van der Waals surface area contributed by atoms with Crippen LogP contribution in [0.1, 0.15) is 29.9 Å². The van der Waals surface area contributed by atoms with Crippen LogP contribution in [0.15, 0.2) is 24.3 Å². The normalized spacial score (nSPS) is 16.0. The second kappa shape index (κ2) is 7.05. The minimum Gasteiger partial charge on any atom is -0.496 e. The lowest BCUT2D eigenvalue weighted by Gasteiger charge is -2.15. The Labute approximate surface area is 149 Å². The summed E-state index contributed by atoms with van der Waals surface area (Å²) in [5, 5.41) is 4.12. The molecule has 0 heterocycles. The molecule has 1 aliphatic carbocycles. The van der Waals surface area contributed by atoms with Crippen LogP contribution in [-0.2, 0) is 11.2 Å². The van der Waals surface area contributed by atoms with Crippen molar-refractivity contribution in [3.63, 3.8) is 0 Å². The van der Waals surface area contributed by atoms with E-state index in [4.69, 9.17) is 9.47 Å². The molecule has 1 amide bonds. The number of halogens is 3. The number of amides is 1. The molecule has 2 aromatic carbocycles. The van der Waals surface area contributed by atoms with Gasteiger partial charge >= 0.3 is 12.1 Å². The molecule has 0 fully saturated rings. The van der Waals surface area contributed by atoms with Crippen molar-refractivity contribution in [1.82, 2.24) is 5.32 Å². The summed E-state index contributed by atoms with van der Waals surface area (Å²) in [6, 6.07) is 7.83. The van der Waals surface area contributed by atoms with Gasteiger partial charge in [-0.1, -0.05) is 12.1 Å². The number of carbonyl (C=O) groups is 1. The van der Waals surface area contributed by atoms with E-state index in [0.717, 1.165) is 39.8 Å². The summed E-state index contributed by atoms with van der Waals surface area (Å²) in [7, 11) is 3.23. The van der Waals surface area contributed by atoms with Gasteiger partial charge in [-0.2, -0.15) is 13.2 Å². The summed E-state index contributed by atoms with van der Waals surface area (Å²) in [5.41, 5.74) is 2.17. The first-order valence-corrected chi connectivity index (χ1v) is 8.38. The highest BCUT2D eigenvalue weighted by Crippen LogP contribution is 2.48. The lowest BCUT2D eigenvalue weighted by atomic mass is 9.94. The molecule has 140 valence electrons. The third-order valence-corrected chi connectivity index (χ3v) is 4.82. The second-order valence-corrected chi connectivity index (χ2v) is 6.32. The van der Waals surface area contributed by atoms with Gasteiger partial charge in [0.2, 0.25) is 0 Å². The van der Waals surface area contributed by atoms with E-state index in [1.807, 2.05) is 29.6 Å². The van der Waals surface area contributed by atoms with E-state index >= 15 is 0 Å². The molecule has 0 bridgehead atoms. The molecule has 0 aliphatic heterocycles. The zero-order valence-corrected chi connectivity index (χ0v) is 14.6. The van der Waals surface area contributed by atoms with Gasteiger partial charge in [-0.15, -0.1) is 0 Å². The van der Waals surface area contributed by atoms with Gasteiger partial charge in [-0.3, -0.25) is 4.79 Å². The third-order valence-electron chi connectivity index (χ3n) is 4.82. The number of rotatable bonds is 6. The first kappa shape index (κ1) is 18.4. The maximum absolute atomic E-state index is 12.2. The summed E-state index contributed by atoms with van der Waals surface area (Å²) in [5.74, 6) is -0.204. The van der Waals surface area contributed by atoms with Crippen LogP contribution in [-0.4, -0.2) is 32.8 Å². The fourth-order valence-corrected chi connectivity index (χ4v) is 3.70.